The molecule has 1 N–H and O–H groups in total. The Morgan fingerprint density at radius 1 is 1.11 bits per heavy atom. The van der Waals surface area contributed by atoms with Crippen molar-refractivity contribution in [3.8, 4) is 0 Å². The van der Waals surface area contributed by atoms with E-state index in [-0.39, 0.29) is 6.04 Å². The highest BCUT2D eigenvalue weighted by atomic mass is 14.9. The topological polar surface area (TPSA) is 37.8 Å². The van der Waals surface area contributed by atoms with E-state index in [1.807, 2.05) is 6.20 Å². The summed E-state index contributed by atoms with van der Waals surface area (Å²) in [6.45, 7) is 5.21. The molecule has 19 heavy (non-hydrogen) atoms. The van der Waals surface area contributed by atoms with Gasteiger partial charge in [-0.2, -0.15) is 0 Å². The molecule has 0 aliphatic carbocycles. The largest absolute Gasteiger partial charge is 0.305 e. The van der Waals surface area contributed by atoms with Crippen molar-refractivity contribution in [3.63, 3.8) is 0 Å². The minimum Gasteiger partial charge on any atom is -0.305 e. The normalized spacial score (nSPS) is 12.3. The lowest BCUT2D eigenvalue weighted by molar-refractivity contribution is 0.612. The first-order valence-corrected chi connectivity index (χ1v) is 6.93. The van der Waals surface area contributed by atoms with Crippen molar-refractivity contribution in [1.29, 1.82) is 0 Å². The van der Waals surface area contributed by atoms with Crippen LogP contribution >= 0.6 is 0 Å². The maximum Gasteiger partial charge on any atom is 0.0801 e. The summed E-state index contributed by atoms with van der Waals surface area (Å²) in [5.74, 6) is 0. The van der Waals surface area contributed by atoms with Crippen LogP contribution in [0.2, 0.25) is 0 Å². The Bertz CT molecular complexity index is 479. The van der Waals surface area contributed by atoms with Crippen LogP contribution in [0.4, 0.5) is 0 Å². The van der Waals surface area contributed by atoms with Gasteiger partial charge in [-0.05, 0) is 24.1 Å². The van der Waals surface area contributed by atoms with Crippen molar-refractivity contribution in [1.82, 2.24) is 15.3 Å². The Morgan fingerprint density at radius 3 is 2.47 bits per heavy atom. The Balaban J connectivity index is 2.24. The predicted octanol–water partition coefficient (Wildman–Crippen LogP) is 3.13. The number of hydrogen-bond acceptors (Lipinski definition) is 3. The summed E-state index contributed by atoms with van der Waals surface area (Å²) in [6, 6.07) is 8.91. The average molecular weight is 255 g/mol. The van der Waals surface area contributed by atoms with Crippen LogP contribution in [0.15, 0.2) is 42.9 Å². The van der Waals surface area contributed by atoms with E-state index in [4.69, 9.17) is 0 Å². The van der Waals surface area contributed by atoms with E-state index in [1.165, 1.54) is 17.5 Å². The van der Waals surface area contributed by atoms with Gasteiger partial charge in [0.15, 0.2) is 0 Å². The van der Waals surface area contributed by atoms with Crippen molar-refractivity contribution in [2.75, 3.05) is 6.54 Å². The lowest BCUT2D eigenvalue weighted by Gasteiger charge is -2.17. The SMILES string of the molecule is CCCc1ccc(C(NCC)c2cnccn2)cc1. The van der Waals surface area contributed by atoms with Crippen LogP contribution < -0.4 is 5.32 Å². The van der Waals surface area contributed by atoms with E-state index in [2.05, 4.69) is 53.4 Å². The van der Waals surface area contributed by atoms with Gasteiger partial charge in [-0.25, -0.2) is 0 Å². The van der Waals surface area contributed by atoms with E-state index in [0.29, 0.717) is 0 Å². The minimum absolute atomic E-state index is 0.120. The molecule has 0 radical (unpaired) electrons. The first kappa shape index (κ1) is 13.7. The number of aryl methyl sites for hydroxylation is 1. The molecule has 0 saturated heterocycles. The molecule has 1 atom stereocenters. The Labute approximate surface area is 115 Å². The molecule has 2 aromatic rings. The van der Waals surface area contributed by atoms with Crippen LogP contribution in [0.3, 0.4) is 0 Å². The zero-order chi connectivity index (χ0) is 13.5. The fourth-order valence-corrected chi connectivity index (χ4v) is 2.22. The number of nitrogens with one attached hydrogen (secondary N) is 1. The monoisotopic (exact) mass is 255 g/mol. The highest BCUT2D eigenvalue weighted by molar-refractivity contribution is 5.30. The molecular weight excluding hydrogens is 234 g/mol. The van der Waals surface area contributed by atoms with Gasteiger partial charge in [-0.3, -0.25) is 9.97 Å². The quantitative estimate of drug-likeness (QED) is 0.861. The molecule has 0 saturated carbocycles. The summed E-state index contributed by atoms with van der Waals surface area (Å²) in [5.41, 5.74) is 3.59. The zero-order valence-corrected chi connectivity index (χ0v) is 11.6. The smallest absolute Gasteiger partial charge is 0.0801 e. The molecule has 100 valence electrons. The number of hydrogen-bond donors (Lipinski definition) is 1. The van der Waals surface area contributed by atoms with Gasteiger partial charge >= 0.3 is 0 Å². The van der Waals surface area contributed by atoms with Crippen LogP contribution in [0.5, 0.6) is 0 Å². The van der Waals surface area contributed by atoms with Gasteiger partial charge in [0.05, 0.1) is 17.9 Å². The van der Waals surface area contributed by atoms with Gasteiger partial charge < -0.3 is 5.32 Å². The van der Waals surface area contributed by atoms with Crippen molar-refractivity contribution < 1.29 is 0 Å². The summed E-state index contributed by atoms with van der Waals surface area (Å²) >= 11 is 0. The highest BCUT2D eigenvalue weighted by Gasteiger charge is 2.14. The van der Waals surface area contributed by atoms with Gasteiger partial charge in [0.25, 0.3) is 0 Å². The van der Waals surface area contributed by atoms with Crippen molar-refractivity contribution in [3.05, 3.63) is 59.7 Å². The standard InChI is InChI=1S/C16H21N3/c1-3-5-13-6-8-14(9-7-13)16(18-4-2)15-12-17-10-11-19-15/h6-12,16,18H,3-5H2,1-2H3. The van der Waals surface area contributed by atoms with Gasteiger partial charge in [0.1, 0.15) is 0 Å². The van der Waals surface area contributed by atoms with Gasteiger partial charge in [-0.1, -0.05) is 44.5 Å². The second-order valence-electron chi connectivity index (χ2n) is 4.61. The van der Waals surface area contributed by atoms with Crippen molar-refractivity contribution in [2.45, 2.75) is 32.7 Å². The molecular formula is C16H21N3. The Morgan fingerprint density at radius 2 is 1.89 bits per heavy atom. The molecule has 2 rings (SSSR count). The van der Waals surface area contributed by atoms with Gasteiger partial charge in [0, 0.05) is 12.4 Å². The molecule has 1 unspecified atom stereocenters. The number of nitrogens with zero attached hydrogens (tertiary/aromatic N) is 2. The first-order chi connectivity index (χ1) is 9.35. The molecule has 0 aliphatic rings. The molecule has 0 amide bonds. The fraction of sp³-hybridized carbons (Fsp3) is 0.375. The maximum absolute atomic E-state index is 4.41. The third-order valence-corrected chi connectivity index (χ3v) is 3.14. The molecule has 0 fully saturated rings. The Kier molecular flexibility index (Phi) is 5.04. The number of benzene rings is 1. The second-order valence-corrected chi connectivity index (χ2v) is 4.61. The predicted molar refractivity (Wildman–Crippen MR) is 78.0 cm³/mol. The fourth-order valence-electron chi connectivity index (χ4n) is 2.22. The number of aromatic nitrogens is 2. The van der Waals surface area contributed by atoms with Crippen LogP contribution in [-0.4, -0.2) is 16.5 Å². The van der Waals surface area contributed by atoms with Crippen molar-refractivity contribution in [2.24, 2.45) is 0 Å². The van der Waals surface area contributed by atoms with Gasteiger partial charge in [-0.15, -0.1) is 0 Å². The molecule has 3 heteroatoms. The molecule has 1 heterocycles. The molecule has 3 nitrogen and oxygen atoms in total. The molecule has 1 aromatic heterocycles. The van der Waals surface area contributed by atoms with Crippen LogP contribution in [-0.2, 0) is 6.42 Å². The molecule has 1 aromatic carbocycles. The molecule has 0 aliphatic heterocycles. The van der Waals surface area contributed by atoms with E-state index in [9.17, 15) is 0 Å². The first-order valence-electron chi connectivity index (χ1n) is 6.93. The third-order valence-electron chi connectivity index (χ3n) is 3.14. The second kappa shape index (κ2) is 7.00. The van der Waals surface area contributed by atoms with E-state index in [1.54, 1.807) is 12.4 Å². The van der Waals surface area contributed by atoms with Crippen LogP contribution in [0.1, 0.15) is 43.1 Å². The van der Waals surface area contributed by atoms with Gasteiger partial charge in [0.2, 0.25) is 0 Å². The number of rotatable bonds is 6. The van der Waals surface area contributed by atoms with Crippen LogP contribution in [0.25, 0.3) is 0 Å². The van der Waals surface area contributed by atoms with E-state index < -0.39 is 0 Å². The summed E-state index contributed by atoms with van der Waals surface area (Å²) in [7, 11) is 0. The molecule has 0 spiro atoms. The summed E-state index contributed by atoms with van der Waals surface area (Å²) in [5, 5.41) is 3.46. The lowest BCUT2D eigenvalue weighted by atomic mass is 10.0. The zero-order valence-electron chi connectivity index (χ0n) is 11.6. The van der Waals surface area contributed by atoms with Crippen LogP contribution in [0, 0.1) is 0 Å². The van der Waals surface area contributed by atoms with E-state index in [0.717, 1.165) is 18.7 Å². The summed E-state index contributed by atoms with van der Waals surface area (Å²) in [4.78, 5) is 8.57. The van der Waals surface area contributed by atoms with Crippen molar-refractivity contribution >= 4 is 0 Å². The van der Waals surface area contributed by atoms with E-state index >= 15 is 0 Å². The minimum atomic E-state index is 0.120. The summed E-state index contributed by atoms with van der Waals surface area (Å²) < 4.78 is 0. The average Bonchev–Trinajstić information content (AvgIpc) is 2.47. The summed E-state index contributed by atoms with van der Waals surface area (Å²) in [6.07, 6.45) is 7.59. The highest BCUT2D eigenvalue weighted by Crippen LogP contribution is 2.20. The lowest BCUT2D eigenvalue weighted by Crippen LogP contribution is -2.23. The molecule has 0 bridgehead atoms. The maximum atomic E-state index is 4.41. The Hall–Kier alpha value is -1.74. The third kappa shape index (κ3) is 3.61.